The van der Waals surface area contributed by atoms with E-state index in [1.165, 1.54) is 16.2 Å². The second-order valence-corrected chi connectivity index (χ2v) is 8.69. The number of urea groups is 1. The molecule has 162 valence electrons. The summed E-state index contributed by atoms with van der Waals surface area (Å²) in [6.45, 7) is 4.94. The van der Waals surface area contributed by atoms with Gasteiger partial charge >= 0.3 is 6.03 Å². The fourth-order valence-electron chi connectivity index (χ4n) is 3.86. The van der Waals surface area contributed by atoms with Crippen molar-refractivity contribution in [3.05, 3.63) is 52.2 Å². The van der Waals surface area contributed by atoms with Gasteiger partial charge in [-0.2, -0.15) is 0 Å². The van der Waals surface area contributed by atoms with Crippen LogP contribution < -0.4 is 4.90 Å². The van der Waals surface area contributed by atoms with E-state index < -0.39 is 12.1 Å². The molecule has 0 radical (unpaired) electrons. The molecular formula is C22H24N4O4S. The Morgan fingerprint density at radius 3 is 2.26 bits per heavy atom. The number of aryl methyl sites for hydroxylation is 1. The van der Waals surface area contributed by atoms with Crippen molar-refractivity contribution in [3.63, 3.8) is 0 Å². The Morgan fingerprint density at radius 1 is 1.00 bits per heavy atom. The Labute approximate surface area is 184 Å². The first-order valence-corrected chi connectivity index (χ1v) is 11.1. The van der Waals surface area contributed by atoms with Crippen LogP contribution in [0, 0.1) is 6.92 Å². The van der Waals surface area contributed by atoms with Crippen molar-refractivity contribution in [2.45, 2.75) is 19.9 Å². The number of amides is 5. The van der Waals surface area contributed by atoms with Gasteiger partial charge in [0.25, 0.3) is 11.8 Å². The van der Waals surface area contributed by atoms with E-state index in [-0.39, 0.29) is 24.3 Å². The predicted octanol–water partition coefficient (Wildman–Crippen LogP) is 2.20. The molecule has 0 saturated carbocycles. The summed E-state index contributed by atoms with van der Waals surface area (Å²) in [6, 6.07) is 9.83. The molecule has 4 rings (SSSR count). The van der Waals surface area contributed by atoms with Crippen molar-refractivity contribution in [2.24, 2.45) is 0 Å². The van der Waals surface area contributed by atoms with Crippen LogP contribution in [0.1, 0.15) is 22.2 Å². The lowest BCUT2D eigenvalue weighted by molar-refractivity contribution is -0.138. The highest BCUT2D eigenvalue weighted by Crippen LogP contribution is 2.26. The molecule has 2 fully saturated rings. The van der Waals surface area contributed by atoms with Crippen LogP contribution in [0.3, 0.4) is 0 Å². The van der Waals surface area contributed by atoms with Gasteiger partial charge in [0.15, 0.2) is 0 Å². The number of rotatable bonds is 4. The van der Waals surface area contributed by atoms with E-state index in [2.05, 4.69) is 0 Å². The standard InChI is InChI=1S/C22H24N4O4S/c1-15-5-7-17(8-6-15)26-16(2)20(28)25(22(26)30)14-19(27)23-9-11-24(12-10-23)21(29)18-4-3-13-31-18/h3-8,13,16H,9-12,14H2,1-2H3/t16-/m0/s1. The molecule has 1 atom stereocenters. The summed E-state index contributed by atoms with van der Waals surface area (Å²) in [5, 5.41) is 1.86. The van der Waals surface area contributed by atoms with Gasteiger partial charge in [0, 0.05) is 31.9 Å². The molecule has 0 N–H and O–H groups in total. The van der Waals surface area contributed by atoms with Gasteiger partial charge in [-0.3, -0.25) is 24.2 Å². The van der Waals surface area contributed by atoms with E-state index in [4.69, 9.17) is 0 Å². The van der Waals surface area contributed by atoms with Gasteiger partial charge in [-0.1, -0.05) is 23.8 Å². The van der Waals surface area contributed by atoms with Crippen LogP contribution in [0.5, 0.6) is 0 Å². The monoisotopic (exact) mass is 440 g/mol. The highest BCUT2D eigenvalue weighted by atomic mass is 32.1. The van der Waals surface area contributed by atoms with Crippen LogP contribution in [-0.4, -0.2) is 77.2 Å². The second kappa shape index (κ2) is 8.50. The molecule has 2 aromatic rings. The number of hydrogen-bond donors (Lipinski definition) is 0. The first-order chi connectivity index (χ1) is 14.9. The summed E-state index contributed by atoms with van der Waals surface area (Å²) in [6.07, 6.45) is 0. The molecule has 2 aliphatic heterocycles. The Bertz CT molecular complexity index is 997. The third-order valence-electron chi connectivity index (χ3n) is 5.70. The lowest BCUT2D eigenvalue weighted by Gasteiger charge is -2.35. The summed E-state index contributed by atoms with van der Waals surface area (Å²) in [5.74, 6) is -0.706. The van der Waals surface area contributed by atoms with Gasteiger partial charge in [-0.15, -0.1) is 11.3 Å². The number of benzene rings is 1. The summed E-state index contributed by atoms with van der Waals surface area (Å²) in [5.41, 5.74) is 1.69. The Morgan fingerprint density at radius 2 is 1.65 bits per heavy atom. The van der Waals surface area contributed by atoms with Crippen LogP contribution in [-0.2, 0) is 9.59 Å². The molecule has 0 unspecified atom stereocenters. The van der Waals surface area contributed by atoms with Crippen LogP contribution >= 0.6 is 11.3 Å². The number of imide groups is 1. The first kappa shape index (κ1) is 21.0. The van der Waals surface area contributed by atoms with Gasteiger partial charge in [-0.05, 0) is 37.4 Å². The van der Waals surface area contributed by atoms with E-state index >= 15 is 0 Å². The van der Waals surface area contributed by atoms with Crippen molar-refractivity contribution in [1.82, 2.24) is 14.7 Å². The molecule has 8 nitrogen and oxygen atoms in total. The maximum Gasteiger partial charge on any atom is 0.332 e. The zero-order chi connectivity index (χ0) is 22.1. The number of carbonyl (C=O) groups is 4. The molecule has 0 bridgehead atoms. The normalized spacial score (nSPS) is 19.4. The highest BCUT2D eigenvalue weighted by Gasteiger charge is 2.44. The van der Waals surface area contributed by atoms with Crippen molar-refractivity contribution >= 4 is 40.8 Å². The molecule has 0 spiro atoms. The fraction of sp³-hybridized carbons (Fsp3) is 0.364. The van der Waals surface area contributed by atoms with Crippen molar-refractivity contribution in [3.8, 4) is 0 Å². The topological polar surface area (TPSA) is 81.2 Å². The highest BCUT2D eigenvalue weighted by molar-refractivity contribution is 7.12. The summed E-state index contributed by atoms with van der Waals surface area (Å²) in [4.78, 5) is 57.3. The van der Waals surface area contributed by atoms with E-state index in [0.29, 0.717) is 36.7 Å². The second-order valence-electron chi connectivity index (χ2n) is 7.74. The van der Waals surface area contributed by atoms with E-state index in [9.17, 15) is 19.2 Å². The van der Waals surface area contributed by atoms with Gasteiger partial charge in [0.1, 0.15) is 12.6 Å². The number of hydrogen-bond acceptors (Lipinski definition) is 5. The third kappa shape index (κ3) is 4.05. The SMILES string of the molecule is Cc1ccc(N2C(=O)N(CC(=O)N3CCN(C(=O)c4cccs4)CC3)C(=O)[C@@H]2C)cc1. The Kier molecular flexibility index (Phi) is 5.77. The van der Waals surface area contributed by atoms with Crippen LogP contribution in [0.15, 0.2) is 41.8 Å². The molecular weight excluding hydrogens is 416 g/mol. The largest absolute Gasteiger partial charge is 0.338 e. The number of thiophene rings is 1. The molecule has 2 saturated heterocycles. The minimum atomic E-state index is -0.664. The molecule has 5 amide bonds. The molecule has 3 heterocycles. The lowest BCUT2D eigenvalue weighted by atomic mass is 10.2. The minimum Gasteiger partial charge on any atom is -0.338 e. The lowest BCUT2D eigenvalue weighted by Crippen LogP contribution is -2.53. The number of piperazine rings is 1. The molecule has 0 aliphatic carbocycles. The summed E-state index contributed by atoms with van der Waals surface area (Å²) < 4.78 is 0. The summed E-state index contributed by atoms with van der Waals surface area (Å²) in [7, 11) is 0. The van der Waals surface area contributed by atoms with Crippen LogP contribution in [0.25, 0.3) is 0 Å². The average molecular weight is 441 g/mol. The fourth-order valence-corrected chi connectivity index (χ4v) is 4.55. The number of nitrogens with zero attached hydrogens (tertiary/aromatic N) is 4. The Hall–Kier alpha value is -3.20. The average Bonchev–Trinajstić information content (AvgIpc) is 3.38. The van der Waals surface area contributed by atoms with E-state index in [1.54, 1.807) is 34.9 Å². The maximum atomic E-state index is 12.9. The third-order valence-corrected chi connectivity index (χ3v) is 6.56. The quantitative estimate of drug-likeness (QED) is 0.683. The van der Waals surface area contributed by atoms with Crippen molar-refractivity contribution in [2.75, 3.05) is 37.6 Å². The van der Waals surface area contributed by atoms with E-state index in [1.807, 2.05) is 30.5 Å². The molecule has 31 heavy (non-hydrogen) atoms. The molecule has 1 aromatic heterocycles. The maximum absolute atomic E-state index is 12.9. The minimum absolute atomic E-state index is 0.0328. The van der Waals surface area contributed by atoms with Gasteiger partial charge in [-0.25, -0.2) is 4.79 Å². The number of carbonyl (C=O) groups excluding carboxylic acids is 4. The van der Waals surface area contributed by atoms with Gasteiger partial charge in [0.05, 0.1) is 4.88 Å². The molecule has 1 aromatic carbocycles. The smallest absolute Gasteiger partial charge is 0.332 e. The van der Waals surface area contributed by atoms with Gasteiger partial charge < -0.3 is 9.80 Å². The molecule has 9 heteroatoms. The predicted molar refractivity (Wildman–Crippen MR) is 117 cm³/mol. The van der Waals surface area contributed by atoms with E-state index in [0.717, 1.165) is 10.5 Å². The van der Waals surface area contributed by atoms with Crippen molar-refractivity contribution in [1.29, 1.82) is 0 Å². The van der Waals surface area contributed by atoms with Crippen molar-refractivity contribution < 1.29 is 19.2 Å². The Balaban J connectivity index is 1.37. The van der Waals surface area contributed by atoms with Crippen LogP contribution in [0.2, 0.25) is 0 Å². The zero-order valence-electron chi connectivity index (χ0n) is 17.5. The zero-order valence-corrected chi connectivity index (χ0v) is 18.3. The first-order valence-electron chi connectivity index (χ1n) is 10.2. The molecule has 2 aliphatic rings. The van der Waals surface area contributed by atoms with Gasteiger partial charge in [0.2, 0.25) is 5.91 Å². The van der Waals surface area contributed by atoms with Crippen LogP contribution in [0.4, 0.5) is 10.5 Å². The number of anilines is 1. The summed E-state index contributed by atoms with van der Waals surface area (Å²) >= 11 is 1.39.